The fourth-order valence-electron chi connectivity index (χ4n) is 6.16. The number of likely N-dealkylation sites (tertiary alicyclic amines) is 1. The fraction of sp³-hybridized carbons (Fsp3) is 0.387. The van der Waals surface area contributed by atoms with E-state index in [-0.39, 0.29) is 24.5 Å². The van der Waals surface area contributed by atoms with Crippen molar-refractivity contribution < 1.29 is 14.7 Å². The van der Waals surface area contributed by atoms with Crippen molar-refractivity contribution in [3.8, 4) is 11.1 Å². The Balaban J connectivity index is 1.04. The van der Waals surface area contributed by atoms with Crippen LogP contribution < -0.4 is 10.2 Å². The Bertz CT molecular complexity index is 1520. The molecule has 0 unspecified atom stereocenters. The molecule has 10 heteroatoms. The molecule has 1 saturated carbocycles. The molecule has 1 amide bonds. The predicted octanol–water partition coefficient (Wildman–Crippen LogP) is 4.29. The maximum Gasteiger partial charge on any atom is 0.317 e. The number of aliphatic carboxylic acids is 1. The molecule has 2 aromatic heterocycles. The van der Waals surface area contributed by atoms with Crippen molar-refractivity contribution in [1.29, 1.82) is 0 Å². The first-order valence-corrected chi connectivity index (χ1v) is 14.3. The van der Waals surface area contributed by atoms with Crippen molar-refractivity contribution in [2.45, 2.75) is 51.2 Å². The molecule has 2 N–H and O–H groups in total. The summed E-state index contributed by atoms with van der Waals surface area (Å²) in [4.78, 5) is 36.6. The molecule has 10 nitrogen and oxygen atoms in total. The molecule has 6 rings (SSSR count). The Labute approximate surface area is 239 Å². The first kappa shape index (κ1) is 26.9. The number of para-hydroxylation sites is 1. The van der Waals surface area contributed by atoms with E-state index in [0.29, 0.717) is 11.9 Å². The van der Waals surface area contributed by atoms with E-state index >= 15 is 0 Å². The molecule has 212 valence electrons. The predicted molar refractivity (Wildman–Crippen MR) is 158 cm³/mol. The number of carboxylic acids is 1. The van der Waals surface area contributed by atoms with Gasteiger partial charge in [-0.05, 0) is 49.4 Å². The topological polar surface area (TPSA) is 116 Å². The average Bonchev–Trinajstić information content (AvgIpc) is 3.41. The number of hydrogen-bond donors (Lipinski definition) is 2. The molecule has 2 aromatic carbocycles. The Morgan fingerprint density at radius 2 is 1.76 bits per heavy atom. The lowest BCUT2D eigenvalue weighted by Gasteiger charge is -2.37. The third kappa shape index (κ3) is 6.22. The lowest BCUT2D eigenvalue weighted by molar-refractivity contribution is -0.140. The van der Waals surface area contributed by atoms with Crippen LogP contribution in [0.4, 0.5) is 11.6 Å². The van der Waals surface area contributed by atoms with Crippen LogP contribution in [-0.2, 0) is 16.1 Å². The molecule has 3 heterocycles. The van der Waals surface area contributed by atoms with Gasteiger partial charge in [0.05, 0.1) is 18.3 Å². The van der Waals surface area contributed by atoms with Gasteiger partial charge in [-0.2, -0.15) is 5.10 Å². The Kier molecular flexibility index (Phi) is 7.65. The third-order valence-electron chi connectivity index (χ3n) is 8.17. The molecule has 1 saturated heterocycles. The number of anilines is 2. The van der Waals surface area contributed by atoms with Crippen molar-refractivity contribution in [1.82, 2.24) is 24.6 Å². The van der Waals surface area contributed by atoms with Gasteiger partial charge in [0.2, 0.25) is 11.9 Å². The maximum absolute atomic E-state index is 12.8. The number of aromatic nitrogens is 4. The van der Waals surface area contributed by atoms with Crippen molar-refractivity contribution in [2.75, 3.05) is 29.9 Å². The summed E-state index contributed by atoms with van der Waals surface area (Å²) < 4.78 is 1.93. The van der Waals surface area contributed by atoms with Crippen LogP contribution in [0.5, 0.6) is 0 Å². The Hall–Kier alpha value is -4.31. The molecule has 0 spiro atoms. The van der Waals surface area contributed by atoms with E-state index in [4.69, 9.17) is 5.11 Å². The number of nitrogens with one attached hydrogen (secondary N) is 1. The van der Waals surface area contributed by atoms with E-state index in [2.05, 4.69) is 32.5 Å². The first-order chi connectivity index (χ1) is 19.9. The highest BCUT2D eigenvalue weighted by Gasteiger charge is 2.30. The van der Waals surface area contributed by atoms with Crippen molar-refractivity contribution >= 4 is 34.4 Å². The van der Waals surface area contributed by atoms with Gasteiger partial charge in [0, 0.05) is 73.6 Å². The van der Waals surface area contributed by atoms with Crippen LogP contribution in [-0.4, -0.2) is 73.3 Å². The van der Waals surface area contributed by atoms with Crippen LogP contribution in [0.25, 0.3) is 22.0 Å². The van der Waals surface area contributed by atoms with Gasteiger partial charge in [0.25, 0.3) is 0 Å². The van der Waals surface area contributed by atoms with Crippen LogP contribution in [0, 0.1) is 5.92 Å². The quantitative estimate of drug-likeness (QED) is 0.315. The summed E-state index contributed by atoms with van der Waals surface area (Å²) >= 11 is 0. The summed E-state index contributed by atoms with van der Waals surface area (Å²) in [6.07, 6.45) is 9.45. The van der Waals surface area contributed by atoms with E-state index in [1.807, 2.05) is 69.5 Å². The minimum atomic E-state index is -0.784. The minimum absolute atomic E-state index is 0.0530. The van der Waals surface area contributed by atoms with E-state index < -0.39 is 5.97 Å². The Morgan fingerprint density at radius 1 is 1.00 bits per heavy atom. The smallest absolute Gasteiger partial charge is 0.317 e. The number of rotatable bonds is 9. The van der Waals surface area contributed by atoms with Crippen molar-refractivity contribution in [3.05, 3.63) is 67.1 Å². The second-order valence-electron chi connectivity index (χ2n) is 11.2. The number of amides is 1. The van der Waals surface area contributed by atoms with Gasteiger partial charge in [-0.15, -0.1) is 0 Å². The number of carboxylic acid groups (broad SMARTS) is 1. The lowest BCUT2D eigenvalue weighted by Crippen LogP contribution is -2.50. The number of hydrogen-bond acceptors (Lipinski definition) is 7. The second kappa shape index (κ2) is 11.7. The summed E-state index contributed by atoms with van der Waals surface area (Å²) in [6, 6.07) is 16.6. The van der Waals surface area contributed by atoms with Gasteiger partial charge >= 0.3 is 5.97 Å². The average molecular weight is 554 g/mol. The summed E-state index contributed by atoms with van der Waals surface area (Å²) in [5.74, 6) is 0.340. The fourth-order valence-corrected chi connectivity index (χ4v) is 6.16. The normalized spacial score (nSPS) is 19.5. The zero-order chi connectivity index (χ0) is 28.3. The molecule has 0 atom stereocenters. The summed E-state index contributed by atoms with van der Waals surface area (Å²) in [6.45, 7) is 4.09. The molecule has 0 radical (unpaired) electrons. The summed E-state index contributed by atoms with van der Waals surface area (Å²) in [5, 5.41) is 18.0. The zero-order valence-electron chi connectivity index (χ0n) is 23.2. The van der Waals surface area contributed by atoms with Gasteiger partial charge in [-0.3, -0.25) is 19.2 Å². The molecule has 2 fully saturated rings. The molecule has 41 heavy (non-hydrogen) atoms. The largest absolute Gasteiger partial charge is 0.480 e. The third-order valence-corrected chi connectivity index (χ3v) is 8.17. The number of carbonyl (C=O) groups is 2. The van der Waals surface area contributed by atoms with Gasteiger partial charge in [-0.1, -0.05) is 30.3 Å². The van der Waals surface area contributed by atoms with Gasteiger partial charge in [0.15, 0.2) is 0 Å². The van der Waals surface area contributed by atoms with E-state index in [9.17, 15) is 9.59 Å². The summed E-state index contributed by atoms with van der Waals surface area (Å²) in [5.41, 5.74) is 3.92. The maximum atomic E-state index is 12.8. The molecule has 1 aliphatic heterocycles. The molecular formula is C31H35N7O3. The van der Waals surface area contributed by atoms with Crippen LogP contribution in [0.2, 0.25) is 0 Å². The van der Waals surface area contributed by atoms with Crippen LogP contribution in [0.15, 0.2) is 67.1 Å². The number of benzene rings is 2. The van der Waals surface area contributed by atoms with Gasteiger partial charge in [0.1, 0.15) is 0 Å². The van der Waals surface area contributed by atoms with E-state index in [1.165, 1.54) is 0 Å². The van der Waals surface area contributed by atoms with E-state index in [0.717, 1.165) is 73.0 Å². The lowest BCUT2D eigenvalue weighted by atomic mass is 9.89. The highest BCUT2D eigenvalue weighted by molar-refractivity contribution is 5.92. The minimum Gasteiger partial charge on any atom is -0.480 e. The molecule has 2 aliphatic rings. The summed E-state index contributed by atoms with van der Waals surface area (Å²) in [7, 11) is 0. The monoisotopic (exact) mass is 553 g/mol. The molecule has 0 bridgehead atoms. The Morgan fingerprint density at radius 3 is 2.49 bits per heavy atom. The zero-order valence-corrected chi connectivity index (χ0v) is 23.2. The van der Waals surface area contributed by atoms with E-state index in [1.54, 1.807) is 6.92 Å². The van der Waals surface area contributed by atoms with Gasteiger partial charge < -0.3 is 15.3 Å². The SMILES string of the molecule is CC(=O)N(c1ccc(-c2cnn(CC3CN(CC(=O)O)C3)c2)cc1)C1CCC(Nc2ncc3ccccc3n2)CC1. The number of nitrogens with zero attached hydrogens (tertiary/aromatic N) is 6. The number of fused-ring (bicyclic) bond motifs is 1. The molecule has 1 aliphatic carbocycles. The van der Waals surface area contributed by atoms with Crippen molar-refractivity contribution in [3.63, 3.8) is 0 Å². The standard InChI is InChI=1S/C31H35N7O3/c1-21(39)38(28-12-8-26(9-13-28)34-31-32-14-24-4-2-3-5-29(24)35-31)27-10-6-23(7-11-27)25-15-33-37(19-25)18-22-16-36(17-22)20-30(40)41/h2-7,10-11,14-15,19,22,26,28H,8-9,12-13,16-18,20H2,1H3,(H,40,41)(H,32,34,35). The number of carbonyl (C=O) groups excluding carboxylic acids is 1. The van der Waals surface area contributed by atoms with Crippen LogP contribution in [0.1, 0.15) is 32.6 Å². The van der Waals surface area contributed by atoms with Gasteiger partial charge in [-0.25, -0.2) is 9.97 Å². The highest BCUT2D eigenvalue weighted by atomic mass is 16.4. The molecular weight excluding hydrogens is 518 g/mol. The van der Waals surface area contributed by atoms with Crippen LogP contribution >= 0.6 is 0 Å². The highest BCUT2D eigenvalue weighted by Crippen LogP contribution is 2.31. The first-order valence-electron chi connectivity index (χ1n) is 14.3. The second-order valence-corrected chi connectivity index (χ2v) is 11.2. The molecule has 4 aromatic rings. The van der Waals surface area contributed by atoms with Crippen LogP contribution in [0.3, 0.4) is 0 Å². The van der Waals surface area contributed by atoms with Crippen molar-refractivity contribution in [2.24, 2.45) is 5.92 Å².